The molecule has 3 atom stereocenters. The molecule has 5 nitrogen and oxygen atoms in total. The summed E-state index contributed by atoms with van der Waals surface area (Å²) in [5.74, 6) is 1.95. The van der Waals surface area contributed by atoms with Crippen LogP contribution in [0.3, 0.4) is 0 Å². The van der Waals surface area contributed by atoms with Gasteiger partial charge in [-0.2, -0.15) is 13.2 Å². The van der Waals surface area contributed by atoms with Crippen molar-refractivity contribution in [2.75, 3.05) is 37.6 Å². The zero-order valence-electron chi connectivity index (χ0n) is 16.6. The molecule has 1 amide bonds. The van der Waals surface area contributed by atoms with E-state index in [-0.39, 0.29) is 11.9 Å². The minimum atomic E-state index is -4.33. The first-order chi connectivity index (χ1) is 13.2. The van der Waals surface area contributed by atoms with Crippen molar-refractivity contribution in [1.82, 2.24) is 5.32 Å². The van der Waals surface area contributed by atoms with Gasteiger partial charge >= 0.3 is 6.18 Å². The molecule has 0 bridgehead atoms. The third-order valence-corrected chi connectivity index (χ3v) is 6.40. The largest absolute Gasteiger partial charge is 0.419 e. The Morgan fingerprint density at radius 3 is 2.57 bits per heavy atom. The number of aromatic amines is 1. The first kappa shape index (κ1) is 20.9. The molecule has 1 aromatic heterocycles. The Bertz CT molecular complexity index is 656. The fourth-order valence-corrected chi connectivity index (χ4v) is 4.30. The van der Waals surface area contributed by atoms with E-state index >= 15 is 0 Å². The molecule has 0 spiro atoms. The van der Waals surface area contributed by atoms with Crippen molar-refractivity contribution < 1.29 is 27.8 Å². The lowest BCUT2D eigenvalue weighted by molar-refractivity contribution is -0.892. The van der Waals surface area contributed by atoms with Crippen LogP contribution in [0.25, 0.3) is 0 Å². The highest BCUT2D eigenvalue weighted by Gasteiger charge is 2.34. The van der Waals surface area contributed by atoms with Crippen molar-refractivity contribution in [2.24, 2.45) is 11.8 Å². The minimum absolute atomic E-state index is 0.107. The van der Waals surface area contributed by atoms with Gasteiger partial charge in [0.05, 0.1) is 5.56 Å². The van der Waals surface area contributed by atoms with E-state index in [1.54, 1.807) is 0 Å². The molecular weight excluding hydrogens is 369 g/mol. The van der Waals surface area contributed by atoms with Crippen LogP contribution < -0.4 is 20.1 Å². The van der Waals surface area contributed by atoms with E-state index in [0.717, 1.165) is 31.8 Å². The van der Waals surface area contributed by atoms with Gasteiger partial charge in [-0.1, -0.05) is 26.7 Å². The summed E-state index contributed by atoms with van der Waals surface area (Å²) in [6.07, 6.45) is 0.143. The summed E-state index contributed by atoms with van der Waals surface area (Å²) in [6.45, 7) is 7.94. The Morgan fingerprint density at radius 1 is 1.25 bits per heavy atom. The molecule has 3 rings (SSSR count). The molecule has 1 aliphatic carbocycles. The number of hydrogen-bond acceptors (Lipinski definition) is 2. The maximum absolute atomic E-state index is 12.7. The first-order valence-corrected chi connectivity index (χ1v) is 10.2. The molecule has 2 heterocycles. The third-order valence-electron chi connectivity index (χ3n) is 6.40. The number of pyridine rings is 1. The number of rotatable bonds is 4. The molecule has 2 aliphatic rings. The number of quaternary nitrogens is 1. The number of hydrogen-bond donors (Lipinski definition) is 2. The van der Waals surface area contributed by atoms with Crippen molar-refractivity contribution in [3.05, 3.63) is 23.9 Å². The Labute approximate surface area is 164 Å². The van der Waals surface area contributed by atoms with E-state index in [4.69, 9.17) is 0 Å². The minimum Gasteiger partial charge on any atom is -0.348 e. The molecule has 0 aromatic carbocycles. The quantitative estimate of drug-likeness (QED) is 0.797. The number of carbonyl (C=O) groups excluding carboxylic acids is 1. The zero-order valence-corrected chi connectivity index (χ0v) is 16.6. The Balaban J connectivity index is 1.45. The second kappa shape index (κ2) is 8.68. The molecule has 2 fully saturated rings. The SMILES string of the molecule is C[C@@H]1[C@H](C)CCC[C@H]1NC(=O)C[NH+]1CCN(c2ccc(C(F)(F)F)c[nH+]2)CC1. The molecule has 1 saturated heterocycles. The molecule has 28 heavy (non-hydrogen) atoms. The second-order valence-electron chi connectivity index (χ2n) is 8.32. The number of nitrogens with zero attached hydrogens (tertiary/aromatic N) is 1. The second-order valence-corrected chi connectivity index (χ2v) is 8.32. The van der Waals surface area contributed by atoms with E-state index in [1.807, 2.05) is 4.90 Å². The number of aromatic nitrogens is 1. The normalized spacial score (nSPS) is 26.9. The molecule has 0 unspecified atom stereocenters. The van der Waals surface area contributed by atoms with E-state index in [0.29, 0.717) is 37.3 Å². The molecule has 1 saturated carbocycles. The van der Waals surface area contributed by atoms with Gasteiger partial charge in [-0.3, -0.25) is 9.69 Å². The number of alkyl halides is 3. The Hall–Kier alpha value is -1.83. The number of carbonyl (C=O) groups is 1. The fraction of sp³-hybridized carbons (Fsp3) is 0.700. The van der Waals surface area contributed by atoms with Crippen LogP contribution in [0.15, 0.2) is 18.3 Å². The summed E-state index contributed by atoms with van der Waals surface area (Å²) in [4.78, 5) is 18.5. The standard InChI is InChI=1S/C20H29F3N4O/c1-14-4-3-5-17(15(14)2)25-19(28)13-26-8-10-27(11-9-26)18-7-6-16(12-24-18)20(21,22)23/h6-7,12,14-15,17H,3-5,8-11,13H2,1-2H3,(H,25,28)/p+2/t14-,15-,17-/m1/s1. The van der Waals surface area contributed by atoms with Crippen molar-refractivity contribution in [3.63, 3.8) is 0 Å². The van der Waals surface area contributed by atoms with Gasteiger partial charge in [-0.05, 0) is 24.3 Å². The monoisotopic (exact) mass is 400 g/mol. The van der Waals surface area contributed by atoms with Gasteiger partial charge in [0.15, 0.2) is 6.54 Å². The molecule has 1 aliphatic heterocycles. The van der Waals surface area contributed by atoms with E-state index in [2.05, 4.69) is 24.1 Å². The maximum Gasteiger partial charge on any atom is 0.419 e. The summed E-state index contributed by atoms with van der Waals surface area (Å²) < 4.78 is 38.0. The number of nitrogens with one attached hydrogen (secondary N) is 3. The number of halogens is 3. The van der Waals surface area contributed by atoms with Crippen LogP contribution in [-0.2, 0) is 11.0 Å². The fourth-order valence-electron chi connectivity index (χ4n) is 4.30. The highest BCUT2D eigenvalue weighted by molar-refractivity contribution is 5.77. The van der Waals surface area contributed by atoms with Crippen LogP contribution in [0.4, 0.5) is 19.0 Å². The lowest BCUT2D eigenvalue weighted by Gasteiger charge is -2.35. The van der Waals surface area contributed by atoms with E-state index in [9.17, 15) is 18.0 Å². The van der Waals surface area contributed by atoms with Gasteiger partial charge in [0.25, 0.3) is 11.7 Å². The summed E-state index contributed by atoms with van der Waals surface area (Å²) in [5.41, 5.74) is -0.677. The van der Waals surface area contributed by atoms with Gasteiger partial charge in [0, 0.05) is 12.1 Å². The summed E-state index contributed by atoms with van der Waals surface area (Å²) in [5, 5.41) is 3.22. The maximum atomic E-state index is 12.7. The Kier molecular flexibility index (Phi) is 6.47. The predicted molar refractivity (Wildman–Crippen MR) is 99.9 cm³/mol. The zero-order chi connectivity index (χ0) is 20.3. The van der Waals surface area contributed by atoms with Gasteiger partial charge < -0.3 is 10.2 Å². The highest BCUT2D eigenvalue weighted by Crippen LogP contribution is 2.29. The molecule has 1 aromatic rings. The van der Waals surface area contributed by atoms with E-state index < -0.39 is 11.7 Å². The van der Waals surface area contributed by atoms with Crippen molar-refractivity contribution in [3.8, 4) is 0 Å². The molecule has 3 N–H and O–H groups in total. The van der Waals surface area contributed by atoms with Crippen LogP contribution in [0, 0.1) is 11.8 Å². The van der Waals surface area contributed by atoms with Crippen LogP contribution >= 0.6 is 0 Å². The Morgan fingerprint density at radius 2 is 1.96 bits per heavy atom. The topological polar surface area (TPSA) is 50.9 Å². The van der Waals surface area contributed by atoms with Gasteiger partial charge in [0.2, 0.25) is 0 Å². The molecule has 156 valence electrons. The third kappa shape index (κ3) is 5.16. The van der Waals surface area contributed by atoms with Gasteiger partial charge in [-0.15, -0.1) is 0 Å². The van der Waals surface area contributed by atoms with Crippen LogP contribution in [0.1, 0.15) is 38.7 Å². The summed E-state index contributed by atoms with van der Waals surface area (Å²) >= 11 is 0. The number of amides is 1. The predicted octanol–water partition coefficient (Wildman–Crippen LogP) is 1.17. The summed E-state index contributed by atoms with van der Waals surface area (Å²) in [6, 6.07) is 2.86. The van der Waals surface area contributed by atoms with Gasteiger partial charge in [0.1, 0.15) is 32.4 Å². The first-order valence-electron chi connectivity index (χ1n) is 10.2. The summed E-state index contributed by atoms with van der Waals surface area (Å²) in [7, 11) is 0. The van der Waals surface area contributed by atoms with Gasteiger partial charge in [-0.25, -0.2) is 4.98 Å². The lowest BCUT2D eigenvalue weighted by atomic mass is 9.78. The van der Waals surface area contributed by atoms with Crippen LogP contribution in [0.5, 0.6) is 0 Å². The molecule has 0 radical (unpaired) electrons. The number of piperazine rings is 1. The highest BCUT2D eigenvalue weighted by atomic mass is 19.4. The average Bonchev–Trinajstić information content (AvgIpc) is 2.65. The van der Waals surface area contributed by atoms with Crippen molar-refractivity contribution in [2.45, 2.75) is 45.3 Å². The van der Waals surface area contributed by atoms with E-state index in [1.165, 1.54) is 23.8 Å². The lowest BCUT2D eigenvalue weighted by Crippen LogP contribution is -3.16. The molecular formula is C20H31F3N4O+2. The van der Waals surface area contributed by atoms with Crippen LogP contribution in [-0.4, -0.2) is 44.7 Å². The number of H-pyrrole nitrogens is 1. The van der Waals surface area contributed by atoms with Crippen LogP contribution in [0.2, 0.25) is 0 Å². The average molecular weight is 400 g/mol. The van der Waals surface area contributed by atoms with Crippen molar-refractivity contribution in [1.29, 1.82) is 0 Å². The number of anilines is 1. The molecule has 8 heteroatoms. The smallest absolute Gasteiger partial charge is 0.348 e. The van der Waals surface area contributed by atoms with Crippen molar-refractivity contribution >= 4 is 11.7 Å².